The molecule has 0 aliphatic carbocycles. The lowest BCUT2D eigenvalue weighted by molar-refractivity contribution is -0.115. The first kappa shape index (κ1) is 20.6. The first-order valence-electron chi connectivity index (χ1n) is 9.24. The van der Waals surface area contributed by atoms with E-state index >= 15 is 0 Å². The highest BCUT2D eigenvalue weighted by molar-refractivity contribution is 5.92. The molecule has 2 aromatic rings. The van der Waals surface area contributed by atoms with Crippen molar-refractivity contribution in [2.24, 2.45) is 5.92 Å². The molecule has 6 nitrogen and oxygen atoms in total. The molecular weight excluding hydrogens is 342 g/mol. The van der Waals surface area contributed by atoms with Gasteiger partial charge in [-0.3, -0.25) is 9.59 Å². The summed E-state index contributed by atoms with van der Waals surface area (Å²) in [7, 11) is 3.93. The Hall–Kier alpha value is -2.76. The van der Waals surface area contributed by atoms with Crippen LogP contribution in [0.3, 0.4) is 0 Å². The average Bonchev–Trinajstić information content (AvgIpc) is 3.14. The molecule has 2 rings (SSSR count). The van der Waals surface area contributed by atoms with Gasteiger partial charge in [-0.05, 0) is 41.8 Å². The van der Waals surface area contributed by atoms with Gasteiger partial charge in [-0.1, -0.05) is 20.8 Å². The number of furan rings is 1. The Bertz CT molecular complexity index is 767. The molecular formula is C21H29N3O3. The van der Waals surface area contributed by atoms with Crippen LogP contribution >= 0.6 is 0 Å². The molecule has 27 heavy (non-hydrogen) atoms. The number of amides is 2. The van der Waals surface area contributed by atoms with Crippen LogP contribution in [0.25, 0.3) is 0 Å². The molecule has 1 heterocycles. The van der Waals surface area contributed by atoms with E-state index in [4.69, 9.17) is 4.42 Å². The molecule has 0 saturated heterocycles. The quantitative estimate of drug-likeness (QED) is 0.762. The van der Waals surface area contributed by atoms with E-state index in [1.807, 2.05) is 44.1 Å². The maximum absolute atomic E-state index is 12.9. The fourth-order valence-corrected chi connectivity index (χ4v) is 2.90. The first-order chi connectivity index (χ1) is 12.8. The van der Waals surface area contributed by atoms with Crippen molar-refractivity contribution in [1.29, 1.82) is 0 Å². The number of hydrogen-bond acceptors (Lipinski definition) is 4. The monoisotopic (exact) mass is 371 g/mol. The first-order valence-corrected chi connectivity index (χ1v) is 9.24. The van der Waals surface area contributed by atoms with Crippen molar-refractivity contribution in [2.45, 2.75) is 33.7 Å². The van der Waals surface area contributed by atoms with Crippen LogP contribution in [0.4, 0.5) is 11.4 Å². The normalized spacial score (nSPS) is 10.7. The fraction of sp³-hybridized carbons (Fsp3) is 0.429. The van der Waals surface area contributed by atoms with Crippen LogP contribution in [0.1, 0.15) is 43.3 Å². The number of anilines is 2. The molecule has 1 aromatic carbocycles. The standard InChI is InChI=1S/C21H29N3O3/c1-6-20(25)22-17-9-10-18(23(4)5)16(12-17)14-24(13-15(2)3)21(26)19-8-7-11-27-19/h7-12,15H,6,13-14H2,1-5H3,(H,22,25). The van der Waals surface area contributed by atoms with Crippen LogP contribution in [-0.4, -0.2) is 37.4 Å². The summed E-state index contributed by atoms with van der Waals surface area (Å²) in [4.78, 5) is 28.4. The second-order valence-corrected chi connectivity index (χ2v) is 7.20. The molecule has 0 aliphatic rings. The zero-order valence-electron chi connectivity index (χ0n) is 16.8. The van der Waals surface area contributed by atoms with Gasteiger partial charge in [0, 0.05) is 45.0 Å². The van der Waals surface area contributed by atoms with Gasteiger partial charge in [0.25, 0.3) is 5.91 Å². The van der Waals surface area contributed by atoms with Gasteiger partial charge in [0.15, 0.2) is 5.76 Å². The van der Waals surface area contributed by atoms with E-state index in [1.54, 1.807) is 17.0 Å². The minimum absolute atomic E-state index is 0.0377. The second kappa shape index (κ2) is 9.26. The lowest BCUT2D eigenvalue weighted by Crippen LogP contribution is -2.34. The third-order valence-corrected chi connectivity index (χ3v) is 4.13. The van der Waals surface area contributed by atoms with Gasteiger partial charge < -0.3 is 19.5 Å². The van der Waals surface area contributed by atoms with Crippen LogP contribution in [-0.2, 0) is 11.3 Å². The highest BCUT2D eigenvalue weighted by atomic mass is 16.3. The predicted octanol–water partition coefficient (Wildman–Crippen LogP) is 3.99. The molecule has 2 amide bonds. The van der Waals surface area contributed by atoms with Gasteiger partial charge in [-0.15, -0.1) is 0 Å². The molecule has 1 N–H and O–H groups in total. The van der Waals surface area contributed by atoms with E-state index in [0.29, 0.717) is 31.2 Å². The maximum Gasteiger partial charge on any atom is 0.289 e. The highest BCUT2D eigenvalue weighted by Gasteiger charge is 2.21. The molecule has 0 fully saturated rings. The fourth-order valence-electron chi connectivity index (χ4n) is 2.90. The third-order valence-electron chi connectivity index (χ3n) is 4.13. The minimum Gasteiger partial charge on any atom is -0.459 e. The molecule has 1 aromatic heterocycles. The van der Waals surface area contributed by atoms with Gasteiger partial charge in [0.05, 0.1) is 6.26 Å². The number of benzene rings is 1. The number of nitrogens with zero attached hydrogens (tertiary/aromatic N) is 2. The summed E-state index contributed by atoms with van der Waals surface area (Å²) in [5.41, 5.74) is 2.71. The summed E-state index contributed by atoms with van der Waals surface area (Å²) >= 11 is 0. The van der Waals surface area contributed by atoms with E-state index in [0.717, 1.165) is 16.9 Å². The Balaban J connectivity index is 2.34. The molecule has 146 valence electrons. The van der Waals surface area contributed by atoms with Crippen molar-refractivity contribution in [1.82, 2.24) is 4.90 Å². The van der Waals surface area contributed by atoms with E-state index in [2.05, 4.69) is 19.2 Å². The van der Waals surface area contributed by atoms with Crippen LogP contribution in [0.15, 0.2) is 41.0 Å². The van der Waals surface area contributed by atoms with Gasteiger partial charge in [-0.25, -0.2) is 0 Å². The predicted molar refractivity (Wildman–Crippen MR) is 108 cm³/mol. The molecule has 0 saturated carbocycles. The van der Waals surface area contributed by atoms with Crippen LogP contribution in [0, 0.1) is 5.92 Å². The van der Waals surface area contributed by atoms with Crippen molar-refractivity contribution in [2.75, 3.05) is 30.9 Å². The largest absolute Gasteiger partial charge is 0.459 e. The van der Waals surface area contributed by atoms with E-state index in [1.165, 1.54) is 6.26 Å². The second-order valence-electron chi connectivity index (χ2n) is 7.20. The topological polar surface area (TPSA) is 65.8 Å². The van der Waals surface area contributed by atoms with Crippen molar-refractivity contribution in [3.05, 3.63) is 47.9 Å². The van der Waals surface area contributed by atoms with E-state index in [-0.39, 0.29) is 11.8 Å². The summed E-state index contributed by atoms with van der Waals surface area (Å²) in [5, 5.41) is 2.89. The molecule has 0 spiro atoms. The SMILES string of the molecule is CCC(=O)Nc1ccc(N(C)C)c(CN(CC(C)C)C(=O)c2ccco2)c1. The van der Waals surface area contributed by atoms with Gasteiger partial charge in [0.2, 0.25) is 5.91 Å². The minimum atomic E-state index is -0.138. The van der Waals surface area contributed by atoms with Gasteiger partial charge in [-0.2, -0.15) is 0 Å². The molecule has 6 heteroatoms. The highest BCUT2D eigenvalue weighted by Crippen LogP contribution is 2.25. The van der Waals surface area contributed by atoms with Crippen molar-refractivity contribution < 1.29 is 14.0 Å². The molecule has 0 aliphatic heterocycles. The smallest absolute Gasteiger partial charge is 0.289 e. The van der Waals surface area contributed by atoms with Gasteiger partial charge >= 0.3 is 0 Å². The molecule has 0 radical (unpaired) electrons. The Labute approximate surface area is 161 Å². The number of rotatable bonds is 8. The van der Waals surface area contributed by atoms with E-state index < -0.39 is 0 Å². The van der Waals surface area contributed by atoms with Crippen molar-refractivity contribution >= 4 is 23.2 Å². The summed E-state index contributed by atoms with van der Waals surface area (Å²) in [6, 6.07) is 9.18. The summed E-state index contributed by atoms with van der Waals surface area (Å²) < 4.78 is 5.31. The Morgan fingerprint density at radius 3 is 2.48 bits per heavy atom. The number of carbonyl (C=O) groups is 2. The Morgan fingerprint density at radius 1 is 1.19 bits per heavy atom. The maximum atomic E-state index is 12.9. The van der Waals surface area contributed by atoms with E-state index in [9.17, 15) is 9.59 Å². The Morgan fingerprint density at radius 2 is 1.93 bits per heavy atom. The number of nitrogens with one attached hydrogen (secondary N) is 1. The lowest BCUT2D eigenvalue weighted by Gasteiger charge is -2.27. The zero-order chi connectivity index (χ0) is 20.0. The molecule has 0 bridgehead atoms. The third kappa shape index (κ3) is 5.61. The van der Waals surface area contributed by atoms with Crippen LogP contribution in [0.2, 0.25) is 0 Å². The summed E-state index contributed by atoms with van der Waals surface area (Å²) in [6.45, 7) is 7.01. The molecule has 0 atom stereocenters. The van der Waals surface area contributed by atoms with Gasteiger partial charge in [0.1, 0.15) is 0 Å². The van der Waals surface area contributed by atoms with Crippen molar-refractivity contribution in [3.8, 4) is 0 Å². The van der Waals surface area contributed by atoms with Crippen LogP contribution < -0.4 is 10.2 Å². The zero-order valence-corrected chi connectivity index (χ0v) is 16.8. The molecule has 0 unspecified atom stereocenters. The van der Waals surface area contributed by atoms with Crippen LogP contribution in [0.5, 0.6) is 0 Å². The van der Waals surface area contributed by atoms with Crippen molar-refractivity contribution in [3.63, 3.8) is 0 Å². The lowest BCUT2D eigenvalue weighted by atomic mass is 10.1. The average molecular weight is 371 g/mol. The summed E-state index contributed by atoms with van der Waals surface area (Å²) in [6.07, 6.45) is 1.92. The summed E-state index contributed by atoms with van der Waals surface area (Å²) in [5.74, 6) is 0.470. The Kier molecular flexibility index (Phi) is 7.05. The number of hydrogen-bond donors (Lipinski definition) is 1. The number of carbonyl (C=O) groups excluding carboxylic acids is 2.